The van der Waals surface area contributed by atoms with Gasteiger partial charge in [0.25, 0.3) is 0 Å². The van der Waals surface area contributed by atoms with Gasteiger partial charge in [0.15, 0.2) is 11.7 Å². The van der Waals surface area contributed by atoms with E-state index in [4.69, 9.17) is 11.6 Å². The number of fused-ring (bicyclic) bond motifs is 1. The minimum absolute atomic E-state index is 0.263. The van der Waals surface area contributed by atoms with Gasteiger partial charge in [-0.05, 0) is 26.0 Å². The summed E-state index contributed by atoms with van der Waals surface area (Å²) in [4.78, 5) is 17.4. The summed E-state index contributed by atoms with van der Waals surface area (Å²) in [7, 11) is 1.80. The van der Waals surface area contributed by atoms with E-state index in [1.807, 2.05) is 31.2 Å². The third kappa shape index (κ3) is 2.38. The van der Waals surface area contributed by atoms with Crippen LogP contribution in [0.15, 0.2) is 24.3 Å². The zero-order valence-corrected chi connectivity index (χ0v) is 14.4. The number of hydrogen-bond acceptors (Lipinski definition) is 4. The summed E-state index contributed by atoms with van der Waals surface area (Å²) in [6.07, 6.45) is 0. The lowest BCUT2D eigenvalue weighted by Crippen LogP contribution is -2.16. The Labute approximate surface area is 144 Å². The number of para-hydroxylation sites is 2. The van der Waals surface area contributed by atoms with Gasteiger partial charge in [-0.3, -0.25) is 9.48 Å². The summed E-state index contributed by atoms with van der Waals surface area (Å²) in [6.45, 7) is 4.16. The van der Waals surface area contributed by atoms with Crippen LogP contribution in [0.25, 0.3) is 11.0 Å². The fourth-order valence-electron chi connectivity index (χ4n) is 2.84. The second-order valence-electron chi connectivity index (χ2n) is 5.51. The molecule has 0 aliphatic heterocycles. The van der Waals surface area contributed by atoms with E-state index in [2.05, 4.69) is 16.2 Å². The van der Waals surface area contributed by atoms with Crippen LogP contribution in [0.5, 0.6) is 0 Å². The second kappa shape index (κ2) is 6.10. The van der Waals surface area contributed by atoms with Crippen LogP contribution in [0, 0.1) is 18.3 Å². The molecule has 7 heteroatoms. The second-order valence-corrected chi connectivity index (χ2v) is 5.87. The number of imidazole rings is 1. The van der Waals surface area contributed by atoms with Crippen molar-refractivity contribution < 1.29 is 4.79 Å². The Morgan fingerprint density at radius 3 is 2.71 bits per heavy atom. The molecule has 2 aromatic heterocycles. The molecule has 0 spiro atoms. The third-order valence-corrected chi connectivity index (χ3v) is 4.47. The van der Waals surface area contributed by atoms with Gasteiger partial charge >= 0.3 is 0 Å². The Morgan fingerprint density at radius 1 is 1.42 bits per heavy atom. The molecule has 0 amide bonds. The number of aryl methyl sites for hydroxylation is 3. The number of rotatable bonds is 4. The summed E-state index contributed by atoms with van der Waals surface area (Å²) in [5, 5.41) is 14.1. The van der Waals surface area contributed by atoms with Crippen molar-refractivity contribution in [1.82, 2.24) is 19.3 Å². The highest BCUT2D eigenvalue weighted by Gasteiger charge is 2.31. The number of benzene rings is 1. The van der Waals surface area contributed by atoms with Crippen LogP contribution in [0.1, 0.15) is 34.7 Å². The van der Waals surface area contributed by atoms with Crippen LogP contribution in [-0.4, -0.2) is 25.1 Å². The summed E-state index contributed by atoms with van der Waals surface area (Å²) in [5.41, 5.74) is 2.42. The maximum absolute atomic E-state index is 13.0. The van der Waals surface area contributed by atoms with E-state index in [0.717, 1.165) is 11.0 Å². The number of carbonyl (C=O) groups is 1. The van der Waals surface area contributed by atoms with Crippen molar-refractivity contribution in [1.29, 1.82) is 5.26 Å². The fourth-order valence-corrected chi connectivity index (χ4v) is 3.23. The summed E-state index contributed by atoms with van der Waals surface area (Å²) in [5.74, 6) is -1.00. The van der Waals surface area contributed by atoms with E-state index in [-0.39, 0.29) is 16.5 Å². The lowest BCUT2D eigenvalue weighted by atomic mass is 9.98. The molecule has 0 bridgehead atoms. The van der Waals surface area contributed by atoms with Crippen molar-refractivity contribution in [3.8, 4) is 6.07 Å². The smallest absolute Gasteiger partial charge is 0.192 e. The first kappa shape index (κ1) is 16.2. The average molecular weight is 342 g/mol. The van der Waals surface area contributed by atoms with Gasteiger partial charge in [-0.2, -0.15) is 10.4 Å². The van der Waals surface area contributed by atoms with Gasteiger partial charge in [0.05, 0.1) is 28.4 Å². The first-order valence-electron chi connectivity index (χ1n) is 7.57. The first-order valence-corrected chi connectivity index (χ1v) is 7.95. The van der Waals surface area contributed by atoms with Crippen molar-refractivity contribution in [2.24, 2.45) is 7.05 Å². The van der Waals surface area contributed by atoms with E-state index in [9.17, 15) is 10.1 Å². The van der Waals surface area contributed by atoms with Crippen molar-refractivity contribution in [2.75, 3.05) is 0 Å². The minimum Gasteiger partial charge on any atom is -0.330 e. The van der Waals surface area contributed by atoms with Gasteiger partial charge in [-0.1, -0.05) is 23.7 Å². The highest BCUT2D eigenvalue weighted by atomic mass is 35.5. The predicted molar refractivity (Wildman–Crippen MR) is 91.0 cm³/mol. The van der Waals surface area contributed by atoms with E-state index in [0.29, 0.717) is 18.1 Å². The molecule has 0 fully saturated rings. The average Bonchev–Trinajstić information content (AvgIpc) is 3.05. The maximum Gasteiger partial charge on any atom is 0.192 e. The summed E-state index contributed by atoms with van der Waals surface area (Å²) < 4.78 is 3.32. The van der Waals surface area contributed by atoms with Gasteiger partial charge in [-0.15, -0.1) is 0 Å². The van der Waals surface area contributed by atoms with Crippen molar-refractivity contribution >= 4 is 28.4 Å². The van der Waals surface area contributed by atoms with Gasteiger partial charge in [0.1, 0.15) is 11.0 Å². The molecule has 0 saturated heterocycles. The molecule has 3 aromatic rings. The number of carbonyl (C=O) groups excluding carboxylic acids is 1. The molecule has 1 aromatic carbocycles. The van der Waals surface area contributed by atoms with Gasteiger partial charge in [0, 0.05) is 13.6 Å². The molecule has 1 atom stereocenters. The van der Waals surface area contributed by atoms with E-state index < -0.39 is 5.92 Å². The molecule has 0 saturated carbocycles. The Kier molecular flexibility index (Phi) is 4.12. The zero-order chi connectivity index (χ0) is 17.4. The van der Waals surface area contributed by atoms with Crippen LogP contribution in [0.2, 0.25) is 5.15 Å². The first-order chi connectivity index (χ1) is 11.5. The molecule has 2 heterocycles. The monoisotopic (exact) mass is 341 g/mol. The van der Waals surface area contributed by atoms with Crippen molar-refractivity contribution in [2.45, 2.75) is 26.3 Å². The Balaban J connectivity index is 2.12. The topological polar surface area (TPSA) is 76.5 Å². The number of Topliss-reactive ketones (excluding diaryl/α,β-unsaturated/α-hetero) is 1. The molecule has 0 radical (unpaired) electrons. The number of nitrogens with zero attached hydrogens (tertiary/aromatic N) is 5. The van der Waals surface area contributed by atoms with Crippen molar-refractivity contribution in [3.63, 3.8) is 0 Å². The zero-order valence-electron chi connectivity index (χ0n) is 13.6. The quantitative estimate of drug-likeness (QED) is 0.682. The predicted octanol–water partition coefficient (Wildman–Crippen LogP) is 3.24. The van der Waals surface area contributed by atoms with Crippen LogP contribution in [0.4, 0.5) is 0 Å². The SMILES string of the molecule is CCn1nc(C)c(C(=O)[C@H](C#N)c2nc3ccccc3n2C)c1Cl. The third-order valence-electron chi connectivity index (χ3n) is 4.08. The number of nitriles is 1. The Hall–Kier alpha value is -2.65. The molecule has 0 unspecified atom stereocenters. The Morgan fingerprint density at radius 2 is 2.12 bits per heavy atom. The fraction of sp³-hybridized carbons (Fsp3) is 0.294. The molecule has 24 heavy (non-hydrogen) atoms. The lowest BCUT2D eigenvalue weighted by Gasteiger charge is -2.08. The molecule has 6 nitrogen and oxygen atoms in total. The van der Waals surface area contributed by atoms with Crippen LogP contribution in [0.3, 0.4) is 0 Å². The molecule has 3 rings (SSSR count). The highest BCUT2D eigenvalue weighted by Crippen LogP contribution is 2.28. The van der Waals surface area contributed by atoms with Gasteiger partial charge in [-0.25, -0.2) is 4.98 Å². The lowest BCUT2D eigenvalue weighted by molar-refractivity contribution is 0.0975. The van der Waals surface area contributed by atoms with E-state index in [1.54, 1.807) is 23.2 Å². The van der Waals surface area contributed by atoms with Crippen LogP contribution < -0.4 is 0 Å². The maximum atomic E-state index is 13.0. The van der Waals surface area contributed by atoms with Gasteiger partial charge in [0.2, 0.25) is 0 Å². The highest BCUT2D eigenvalue weighted by molar-refractivity contribution is 6.33. The van der Waals surface area contributed by atoms with Crippen LogP contribution in [-0.2, 0) is 13.6 Å². The standard InChI is InChI=1S/C17H16ClN5O/c1-4-23-16(18)14(10(2)21-23)15(24)11(9-19)17-20-12-7-5-6-8-13(12)22(17)3/h5-8,11H,4H2,1-3H3/t11-/m0/s1. The number of ketones is 1. The number of hydrogen-bond donors (Lipinski definition) is 0. The normalized spacial score (nSPS) is 12.3. The molecule has 0 N–H and O–H groups in total. The summed E-state index contributed by atoms with van der Waals surface area (Å²) in [6, 6.07) is 9.59. The minimum atomic E-state index is -1.03. The number of aromatic nitrogens is 4. The van der Waals surface area contributed by atoms with Crippen LogP contribution >= 0.6 is 11.6 Å². The van der Waals surface area contributed by atoms with Crippen molar-refractivity contribution in [3.05, 3.63) is 46.5 Å². The van der Waals surface area contributed by atoms with Gasteiger partial charge < -0.3 is 4.57 Å². The van der Waals surface area contributed by atoms with E-state index in [1.165, 1.54) is 0 Å². The Bertz CT molecular complexity index is 979. The molecule has 0 aliphatic carbocycles. The summed E-state index contributed by atoms with van der Waals surface area (Å²) >= 11 is 6.27. The molecular weight excluding hydrogens is 326 g/mol. The largest absolute Gasteiger partial charge is 0.330 e. The molecular formula is C17H16ClN5O. The molecule has 122 valence electrons. The number of halogens is 1. The van der Waals surface area contributed by atoms with E-state index >= 15 is 0 Å². The molecule has 0 aliphatic rings.